The van der Waals surface area contributed by atoms with Crippen LogP contribution in [-0.2, 0) is 4.79 Å². The normalized spacial score (nSPS) is 22.9. The summed E-state index contributed by atoms with van der Waals surface area (Å²) in [4.78, 5) is 30.9. The number of urea groups is 1. The van der Waals surface area contributed by atoms with E-state index in [1.807, 2.05) is 29.6 Å². The van der Waals surface area contributed by atoms with Gasteiger partial charge in [-0.15, -0.1) is 11.3 Å². The van der Waals surface area contributed by atoms with Gasteiger partial charge in [0.1, 0.15) is 0 Å². The molecule has 3 heterocycles. The first kappa shape index (κ1) is 16.1. The summed E-state index contributed by atoms with van der Waals surface area (Å²) < 4.78 is 0. The van der Waals surface area contributed by atoms with E-state index >= 15 is 0 Å². The number of amides is 3. The summed E-state index contributed by atoms with van der Waals surface area (Å²) in [6.45, 7) is 1.06. The second-order valence-corrected chi connectivity index (χ2v) is 7.34. The maximum atomic E-state index is 12.7. The minimum atomic E-state index is -0.149. The lowest BCUT2D eigenvalue weighted by molar-refractivity contribution is -0.124. The van der Waals surface area contributed by atoms with Crippen molar-refractivity contribution in [2.45, 2.75) is 25.3 Å². The Labute approximate surface area is 150 Å². The molecule has 4 rings (SSSR count). The highest BCUT2D eigenvalue weighted by atomic mass is 32.1. The van der Waals surface area contributed by atoms with Gasteiger partial charge in [0.25, 0.3) is 0 Å². The van der Waals surface area contributed by atoms with E-state index in [1.54, 1.807) is 21.7 Å². The number of benzene rings is 1. The number of hydrogen-bond donors (Lipinski definition) is 2. The van der Waals surface area contributed by atoms with Crippen LogP contribution in [0.5, 0.6) is 0 Å². The van der Waals surface area contributed by atoms with Crippen LogP contribution in [0.3, 0.4) is 0 Å². The van der Waals surface area contributed by atoms with Crippen molar-refractivity contribution in [3.05, 3.63) is 35.2 Å². The Hall–Kier alpha value is -2.41. The van der Waals surface area contributed by atoms with E-state index < -0.39 is 0 Å². The van der Waals surface area contributed by atoms with Crippen LogP contribution in [0, 0.1) is 5.92 Å². The van der Waals surface area contributed by atoms with Crippen molar-refractivity contribution in [1.82, 2.24) is 15.2 Å². The molecule has 2 aromatic rings. The third kappa shape index (κ3) is 3.51. The fraction of sp³-hybridized carbons (Fsp3) is 0.389. The molecule has 0 saturated carbocycles. The predicted octanol–water partition coefficient (Wildman–Crippen LogP) is 2.94. The van der Waals surface area contributed by atoms with Crippen LogP contribution in [0.2, 0.25) is 0 Å². The summed E-state index contributed by atoms with van der Waals surface area (Å²) in [7, 11) is 0. The summed E-state index contributed by atoms with van der Waals surface area (Å²) in [5.41, 5.74) is 4.41. The number of rotatable bonds is 2. The molecule has 6 nitrogen and oxygen atoms in total. The van der Waals surface area contributed by atoms with Gasteiger partial charge in [0, 0.05) is 35.8 Å². The molecule has 7 heteroatoms. The quantitative estimate of drug-likeness (QED) is 0.869. The fourth-order valence-corrected chi connectivity index (χ4v) is 4.09. The van der Waals surface area contributed by atoms with Crippen LogP contribution in [0.15, 0.2) is 35.2 Å². The summed E-state index contributed by atoms with van der Waals surface area (Å²) >= 11 is 1.54. The number of nitrogens with zero attached hydrogens (tertiary/aromatic N) is 2. The molecular weight excluding hydrogens is 336 g/mol. The van der Waals surface area contributed by atoms with Gasteiger partial charge in [-0.1, -0.05) is 18.6 Å². The fourth-order valence-electron chi connectivity index (χ4n) is 3.53. The molecule has 0 radical (unpaired) electrons. The first-order chi connectivity index (χ1) is 12.2. The standard InChI is InChI=1S/C18H20N4O2S/c23-17-13-4-2-6-15(20-17)9-22(8-13)18(24)21-14-5-1-3-12(7-14)16-10-25-11-19-16/h1,3,5,7,10-11,13,15H,2,4,6,8-9H2,(H,20,23)(H,21,24)/t13-,15+/m1/s1. The maximum Gasteiger partial charge on any atom is 0.321 e. The number of likely N-dealkylation sites (tertiary alicyclic amines) is 1. The van der Waals surface area contributed by atoms with Crippen molar-refractivity contribution in [2.24, 2.45) is 5.92 Å². The topological polar surface area (TPSA) is 74.3 Å². The molecule has 0 unspecified atom stereocenters. The number of carbonyl (C=O) groups excluding carboxylic acids is 2. The van der Waals surface area contributed by atoms with Gasteiger partial charge in [0.2, 0.25) is 5.91 Å². The smallest absolute Gasteiger partial charge is 0.321 e. The summed E-state index contributed by atoms with van der Waals surface area (Å²) in [5, 5.41) is 8.00. The van der Waals surface area contributed by atoms with Gasteiger partial charge in [-0.05, 0) is 25.0 Å². The Morgan fingerprint density at radius 3 is 3.08 bits per heavy atom. The average Bonchev–Trinajstić information content (AvgIpc) is 3.00. The molecule has 3 amide bonds. The Kier molecular flexibility index (Phi) is 4.40. The molecule has 2 saturated heterocycles. The van der Waals surface area contributed by atoms with E-state index in [9.17, 15) is 9.59 Å². The van der Waals surface area contributed by atoms with E-state index in [1.165, 1.54) is 0 Å². The van der Waals surface area contributed by atoms with Crippen LogP contribution in [0.25, 0.3) is 11.3 Å². The minimum Gasteiger partial charge on any atom is -0.351 e. The Morgan fingerprint density at radius 1 is 1.32 bits per heavy atom. The molecule has 0 aliphatic carbocycles. The molecule has 2 aliphatic rings. The number of fused-ring (bicyclic) bond motifs is 3. The lowest BCUT2D eigenvalue weighted by Crippen LogP contribution is -2.43. The number of carbonyl (C=O) groups is 2. The van der Waals surface area contributed by atoms with E-state index in [2.05, 4.69) is 15.6 Å². The van der Waals surface area contributed by atoms with Crippen LogP contribution >= 0.6 is 11.3 Å². The molecule has 2 atom stereocenters. The lowest BCUT2D eigenvalue weighted by Gasteiger charge is -2.27. The van der Waals surface area contributed by atoms with Gasteiger partial charge in [-0.3, -0.25) is 4.79 Å². The summed E-state index contributed by atoms with van der Waals surface area (Å²) in [6, 6.07) is 7.59. The zero-order valence-corrected chi connectivity index (χ0v) is 14.6. The van der Waals surface area contributed by atoms with Crippen molar-refractivity contribution >= 4 is 29.0 Å². The number of nitrogens with one attached hydrogen (secondary N) is 2. The van der Waals surface area contributed by atoms with Gasteiger partial charge in [-0.25, -0.2) is 9.78 Å². The van der Waals surface area contributed by atoms with Crippen molar-refractivity contribution in [3.8, 4) is 11.3 Å². The molecule has 130 valence electrons. The minimum absolute atomic E-state index is 0.0621. The molecular formula is C18H20N4O2S. The number of thiazole rings is 1. The van der Waals surface area contributed by atoms with Gasteiger partial charge in [0.05, 0.1) is 17.1 Å². The number of anilines is 1. The largest absolute Gasteiger partial charge is 0.351 e. The zero-order chi connectivity index (χ0) is 17.2. The molecule has 1 aromatic heterocycles. The van der Waals surface area contributed by atoms with Crippen molar-refractivity contribution in [3.63, 3.8) is 0 Å². The first-order valence-corrected chi connectivity index (χ1v) is 9.48. The third-order valence-corrected chi connectivity index (χ3v) is 5.42. The maximum absolute atomic E-state index is 12.7. The third-order valence-electron chi connectivity index (χ3n) is 4.83. The highest BCUT2D eigenvalue weighted by Gasteiger charge is 2.34. The van der Waals surface area contributed by atoms with Crippen LogP contribution in [0.1, 0.15) is 19.3 Å². The van der Waals surface area contributed by atoms with Crippen LogP contribution < -0.4 is 10.6 Å². The lowest BCUT2D eigenvalue weighted by atomic mass is 9.99. The van der Waals surface area contributed by atoms with Gasteiger partial charge >= 0.3 is 6.03 Å². The van der Waals surface area contributed by atoms with Crippen molar-refractivity contribution in [2.75, 3.05) is 18.4 Å². The predicted molar refractivity (Wildman–Crippen MR) is 97.4 cm³/mol. The van der Waals surface area contributed by atoms with E-state index in [0.717, 1.165) is 36.2 Å². The highest BCUT2D eigenvalue weighted by molar-refractivity contribution is 7.07. The number of aromatic nitrogens is 1. The molecule has 2 fully saturated rings. The molecule has 0 spiro atoms. The Balaban J connectivity index is 1.49. The zero-order valence-electron chi connectivity index (χ0n) is 13.8. The second kappa shape index (κ2) is 6.84. The van der Waals surface area contributed by atoms with Crippen molar-refractivity contribution in [1.29, 1.82) is 0 Å². The molecule has 2 bridgehead atoms. The number of hydrogen-bond acceptors (Lipinski definition) is 4. The van der Waals surface area contributed by atoms with E-state index in [0.29, 0.717) is 13.1 Å². The monoisotopic (exact) mass is 356 g/mol. The summed E-state index contributed by atoms with van der Waals surface area (Å²) in [6.07, 6.45) is 2.83. The van der Waals surface area contributed by atoms with Crippen molar-refractivity contribution < 1.29 is 9.59 Å². The molecule has 1 aromatic carbocycles. The van der Waals surface area contributed by atoms with Gasteiger partial charge in [0.15, 0.2) is 0 Å². The molecule has 25 heavy (non-hydrogen) atoms. The van der Waals surface area contributed by atoms with E-state index in [4.69, 9.17) is 0 Å². The van der Waals surface area contributed by atoms with Gasteiger partial charge < -0.3 is 15.5 Å². The highest BCUT2D eigenvalue weighted by Crippen LogP contribution is 2.24. The Bertz CT molecular complexity index is 777. The average molecular weight is 356 g/mol. The van der Waals surface area contributed by atoms with Crippen LogP contribution in [-0.4, -0.2) is 41.0 Å². The van der Waals surface area contributed by atoms with Crippen LogP contribution in [0.4, 0.5) is 10.5 Å². The summed E-state index contributed by atoms with van der Waals surface area (Å²) in [5.74, 6) is -0.0112. The molecule has 2 N–H and O–H groups in total. The van der Waals surface area contributed by atoms with Gasteiger partial charge in [-0.2, -0.15) is 0 Å². The first-order valence-electron chi connectivity index (χ1n) is 8.54. The Morgan fingerprint density at radius 2 is 2.24 bits per heavy atom. The second-order valence-electron chi connectivity index (χ2n) is 6.62. The molecule has 2 aliphatic heterocycles. The van der Waals surface area contributed by atoms with E-state index in [-0.39, 0.29) is 23.9 Å². The SMILES string of the molecule is O=C1N[C@H]2CCC[C@@H]1CN(C(=O)Nc1cccc(-c3cscn3)c1)C2.